The fraction of sp³-hybridized carbons (Fsp3) is 0.128. The first-order chi connectivity index (χ1) is 57.6. The van der Waals surface area contributed by atoms with Gasteiger partial charge in [0.1, 0.15) is 22.3 Å². The number of para-hydroxylation sites is 2. The molecule has 0 fully saturated rings. The SMILES string of the molecule is CC(C)(C)c1cc2ccc3c(-c4ccccc4)cc(-c4ccc5c(c4)C(C)(C)c4cc(-c6cccc7c6oc6ccccc67)ccc4-5)c4ccc(c1)c2c34.CC(C)(C)c1cc2ccc3c(-c4ccccc4)cc(-c4ccc5c(c4)oc4cc(-c6cc(-c7ccccc7)c7ccc8cc(C(C)(C)C)cc9ccc6c7c89)ccc45)c4ccc(c1)c2c34. The van der Waals surface area contributed by atoms with E-state index in [0.717, 1.165) is 60.6 Å². The summed E-state index contributed by atoms with van der Waals surface area (Å²) in [5.41, 5.74) is 30.1. The highest BCUT2D eigenvalue weighted by Crippen LogP contribution is 2.55. The van der Waals surface area contributed by atoms with E-state index in [1.54, 1.807) is 0 Å². The largest absolute Gasteiger partial charge is 0.456 e. The quantitative estimate of drug-likeness (QED) is 0.149. The lowest BCUT2D eigenvalue weighted by molar-refractivity contribution is 0.591. The molecule has 2 nitrogen and oxygen atoms in total. The van der Waals surface area contributed by atoms with Crippen molar-refractivity contribution in [3.8, 4) is 89.0 Å². The number of benzene rings is 21. The molecular weight excluding hydrogens is 1440 g/mol. The number of fused-ring (bicyclic) bond motifs is 9. The summed E-state index contributed by atoms with van der Waals surface area (Å²) >= 11 is 0. The third-order valence-electron chi connectivity index (χ3n) is 26.8. The minimum absolute atomic E-state index is 0.0529. The minimum Gasteiger partial charge on any atom is -0.456 e. The van der Waals surface area contributed by atoms with Crippen LogP contribution in [-0.4, -0.2) is 0 Å². The predicted molar refractivity (Wildman–Crippen MR) is 510 cm³/mol. The average molecular weight is 1530 g/mol. The summed E-state index contributed by atoms with van der Waals surface area (Å²) in [5, 5.41) is 28.1. The van der Waals surface area contributed by atoms with Crippen LogP contribution < -0.4 is 0 Å². The van der Waals surface area contributed by atoms with Crippen LogP contribution in [0.5, 0.6) is 0 Å². The van der Waals surface area contributed by atoms with Crippen molar-refractivity contribution in [3.05, 3.63) is 361 Å². The lowest BCUT2D eigenvalue weighted by Gasteiger charge is -2.24. The van der Waals surface area contributed by atoms with Gasteiger partial charge < -0.3 is 8.83 Å². The van der Waals surface area contributed by atoms with Crippen LogP contribution in [0.3, 0.4) is 0 Å². The Labute approximate surface area is 693 Å². The summed E-state index contributed by atoms with van der Waals surface area (Å²) < 4.78 is 13.4. The zero-order valence-electron chi connectivity index (χ0n) is 69.1. The van der Waals surface area contributed by atoms with E-state index < -0.39 is 0 Å². The Morgan fingerprint density at radius 2 is 0.487 bits per heavy atom. The van der Waals surface area contributed by atoms with E-state index in [0.29, 0.717) is 0 Å². The van der Waals surface area contributed by atoms with Crippen LogP contribution in [0.1, 0.15) is 104 Å². The maximum Gasteiger partial charge on any atom is 0.143 e. The van der Waals surface area contributed by atoms with E-state index >= 15 is 0 Å². The molecule has 0 N–H and O–H groups in total. The molecule has 0 aliphatic heterocycles. The second-order valence-electron chi connectivity index (χ2n) is 37.4. The van der Waals surface area contributed by atoms with E-state index in [2.05, 4.69) is 404 Å². The lowest BCUT2D eigenvalue weighted by atomic mass is 9.79. The van der Waals surface area contributed by atoms with E-state index in [9.17, 15) is 0 Å². The van der Waals surface area contributed by atoms with Gasteiger partial charge in [-0.3, -0.25) is 0 Å². The zero-order chi connectivity index (χ0) is 80.4. The molecule has 0 saturated heterocycles. The molecule has 1 aliphatic rings. The first-order valence-electron chi connectivity index (χ1n) is 42.2. The molecule has 0 unspecified atom stereocenters. The summed E-state index contributed by atoms with van der Waals surface area (Å²) in [6.45, 7) is 25.5. The molecule has 21 aromatic carbocycles. The highest BCUT2D eigenvalue weighted by Gasteiger charge is 2.37. The Kier molecular flexibility index (Phi) is 15.3. The van der Waals surface area contributed by atoms with Gasteiger partial charge in [-0.05, 0) is 285 Å². The maximum atomic E-state index is 6.95. The third-order valence-corrected chi connectivity index (χ3v) is 26.8. The topological polar surface area (TPSA) is 26.3 Å². The third kappa shape index (κ3) is 11.0. The van der Waals surface area contributed by atoms with Gasteiger partial charge in [-0.15, -0.1) is 0 Å². The fourth-order valence-corrected chi connectivity index (χ4v) is 20.5. The van der Waals surface area contributed by atoms with Crippen LogP contribution >= 0.6 is 0 Å². The number of rotatable bonds is 7. The Morgan fingerprint density at radius 1 is 0.193 bits per heavy atom. The van der Waals surface area contributed by atoms with Gasteiger partial charge in [0, 0.05) is 32.5 Å². The Balaban J connectivity index is 0.000000142. The van der Waals surface area contributed by atoms with Crippen molar-refractivity contribution in [2.24, 2.45) is 0 Å². The van der Waals surface area contributed by atoms with Gasteiger partial charge in [0.05, 0.1) is 0 Å². The molecule has 568 valence electrons. The molecule has 23 aromatic rings. The van der Waals surface area contributed by atoms with Gasteiger partial charge in [0.2, 0.25) is 0 Å². The molecule has 2 heteroatoms. The van der Waals surface area contributed by atoms with Gasteiger partial charge in [0.15, 0.2) is 0 Å². The van der Waals surface area contributed by atoms with Gasteiger partial charge in [-0.25, -0.2) is 0 Å². The first kappa shape index (κ1) is 70.7. The molecule has 2 heterocycles. The van der Waals surface area contributed by atoms with Gasteiger partial charge >= 0.3 is 0 Å². The normalized spacial score (nSPS) is 13.2. The lowest BCUT2D eigenvalue weighted by Crippen LogP contribution is -2.15. The second-order valence-corrected chi connectivity index (χ2v) is 37.4. The summed E-state index contributed by atoms with van der Waals surface area (Å²) in [5.74, 6) is 0. The van der Waals surface area contributed by atoms with Crippen LogP contribution in [-0.2, 0) is 21.7 Å². The Bertz CT molecular complexity index is 7820. The molecule has 24 rings (SSSR count). The second kappa shape index (κ2) is 25.7. The van der Waals surface area contributed by atoms with Crippen LogP contribution in [0.4, 0.5) is 0 Å². The van der Waals surface area contributed by atoms with Gasteiger partial charge in [-0.1, -0.05) is 349 Å². The van der Waals surface area contributed by atoms with Crippen molar-refractivity contribution in [2.45, 2.75) is 97.8 Å². The van der Waals surface area contributed by atoms with Crippen molar-refractivity contribution in [3.63, 3.8) is 0 Å². The number of hydrogen-bond acceptors (Lipinski definition) is 2. The monoisotopic (exact) mass is 1520 g/mol. The Morgan fingerprint density at radius 3 is 0.849 bits per heavy atom. The average Bonchev–Trinajstić information content (AvgIpc) is 1.72. The van der Waals surface area contributed by atoms with Crippen LogP contribution in [0.2, 0.25) is 0 Å². The molecule has 1 aliphatic carbocycles. The van der Waals surface area contributed by atoms with E-state index in [1.165, 1.54) is 197 Å². The molecule has 0 amide bonds. The van der Waals surface area contributed by atoms with Gasteiger partial charge in [0.25, 0.3) is 0 Å². The summed E-state index contributed by atoms with van der Waals surface area (Å²) in [7, 11) is 0. The molecular formula is C117H88O2. The smallest absolute Gasteiger partial charge is 0.143 e. The molecule has 0 spiro atoms. The van der Waals surface area contributed by atoms with E-state index in [1.807, 2.05) is 6.07 Å². The van der Waals surface area contributed by atoms with Crippen LogP contribution in [0.25, 0.3) is 230 Å². The molecule has 0 saturated carbocycles. The van der Waals surface area contributed by atoms with Gasteiger partial charge in [-0.2, -0.15) is 0 Å². The van der Waals surface area contributed by atoms with E-state index in [-0.39, 0.29) is 21.7 Å². The summed E-state index contributed by atoms with van der Waals surface area (Å²) in [4.78, 5) is 0. The number of hydrogen-bond donors (Lipinski definition) is 0. The fourth-order valence-electron chi connectivity index (χ4n) is 20.5. The molecule has 119 heavy (non-hydrogen) atoms. The molecule has 0 atom stereocenters. The first-order valence-corrected chi connectivity index (χ1v) is 42.2. The molecule has 0 bridgehead atoms. The summed E-state index contributed by atoms with van der Waals surface area (Å²) in [6, 6.07) is 125. The molecule has 0 radical (unpaired) electrons. The van der Waals surface area contributed by atoms with Crippen molar-refractivity contribution >= 4 is 141 Å². The number of furan rings is 2. The van der Waals surface area contributed by atoms with Crippen molar-refractivity contribution in [1.29, 1.82) is 0 Å². The van der Waals surface area contributed by atoms with Crippen LogP contribution in [0.15, 0.2) is 342 Å². The highest BCUT2D eigenvalue weighted by atomic mass is 16.3. The van der Waals surface area contributed by atoms with E-state index in [4.69, 9.17) is 8.83 Å². The van der Waals surface area contributed by atoms with Crippen LogP contribution in [0, 0.1) is 0 Å². The predicted octanol–water partition coefficient (Wildman–Crippen LogP) is 33.7. The summed E-state index contributed by atoms with van der Waals surface area (Å²) in [6.07, 6.45) is 0. The Hall–Kier alpha value is -13.7. The zero-order valence-corrected chi connectivity index (χ0v) is 69.1. The van der Waals surface area contributed by atoms with Crippen molar-refractivity contribution < 1.29 is 8.83 Å². The maximum absolute atomic E-state index is 6.95. The van der Waals surface area contributed by atoms with Crippen molar-refractivity contribution in [1.82, 2.24) is 0 Å². The highest BCUT2D eigenvalue weighted by molar-refractivity contribution is 6.32. The standard InChI is InChI=1S/C64H48O.C53H40O/c1-63(2,3)45-29-41-19-25-49-53(37-13-9-7-10-14-37)35-55(51-27-21-43(31-45)59(41)61(49)51)39-17-23-47-48-24-18-40(34-58(48)65-57(47)33-39)56-36-54(38-15-11-8-12-16-38)50-26-20-42-30-46(64(4,5)6)32-44-22-28-52(56)62(50)60(42)44;1-52(2,3)36-26-34-20-24-41-44(31-12-7-6-8-13-31)30-45(42-25-21-35(27-36)49(34)50(41)42)33-19-23-39-38-22-18-32(28-46(38)53(4,5)47(39)29-33)37-15-11-16-43-40-14-9-10-17-48(40)54-51(37)43/h7-36H,1-6H3;6-30H,1-5H3. The molecule has 2 aromatic heterocycles. The minimum atomic E-state index is -0.187. The van der Waals surface area contributed by atoms with Crippen molar-refractivity contribution in [2.75, 3.05) is 0 Å².